The second-order valence-corrected chi connectivity index (χ2v) is 4.75. The van der Waals surface area contributed by atoms with Gasteiger partial charge < -0.3 is 14.8 Å². The van der Waals surface area contributed by atoms with Gasteiger partial charge in [0.2, 0.25) is 0 Å². The lowest BCUT2D eigenvalue weighted by atomic mass is 10.1. The topological polar surface area (TPSA) is 30.5 Å². The highest BCUT2D eigenvalue weighted by molar-refractivity contribution is 5.86. The summed E-state index contributed by atoms with van der Waals surface area (Å²) < 4.78 is 10.6. The van der Waals surface area contributed by atoms with Crippen LogP contribution in [-0.4, -0.2) is 14.2 Å². The van der Waals surface area contributed by atoms with Gasteiger partial charge in [0.05, 0.1) is 19.9 Å². The van der Waals surface area contributed by atoms with E-state index in [-0.39, 0.29) is 0 Å². The van der Waals surface area contributed by atoms with Gasteiger partial charge in [-0.1, -0.05) is 30.3 Å². The molecule has 3 heteroatoms. The number of nitrogens with one attached hydrogen (secondary N) is 1. The molecule has 3 nitrogen and oxygen atoms in total. The number of methoxy groups -OCH3 is 2. The molecular weight excluding hydrogens is 262 g/mol. The number of hydrogen-bond donors (Lipinski definition) is 1. The number of hydrogen-bond acceptors (Lipinski definition) is 3. The maximum Gasteiger partial charge on any atom is 0.145 e. The first-order valence-electron chi connectivity index (χ1n) is 6.78. The van der Waals surface area contributed by atoms with Crippen molar-refractivity contribution in [3.8, 4) is 11.5 Å². The van der Waals surface area contributed by atoms with Gasteiger partial charge in [0.1, 0.15) is 11.5 Å². The maximum atomic E-state index is 5.41. The van der Waals surface area contributed by atoms with Crippen molar-refractivity contribution in [2.45, 2.75) is 0 Å². The lowest BCUT2D eigenvalue weighted by Crippen LogP contribution is -1.95. The molecule has 3 aromatic rings. The van der Waals surface area contributed by atoms with Crippen molar-refractivity contribution < 1.29 is 9.47 Å². The Balaban J connectivity index is 1.94. The minimum atomic E-state index is 0.752. The Labute approximate surface area is 124 Å². The van der Waals surface area contributed by atoms with Crippen molar-refractivity contribution in [2.75, 3.05) is 19.5 Å². The van der Waals surface area contributed by atoms with E-state index in [1.807, 2.05) is 30.3 Å². The Hall–Kier alpha value is -2.68. The molecule has 0 aliphatic carbocycles. The molecule has 3 rings (SSSR count). The van der Waals surface area contributed by atoms with Gasteiger partial charge >= 0.3 is 0 Å². The Bertz CT molecular complexity index is 768. The second kappa shape index (κ2) is 5.75. The monoisotopic (exact) mass is 279 g/mol. The molecule has 21 heavy (non-hydrogen) atoms. The van der Waals surface area contributed by atoms with Gasteiger partial charge in [0.25, 0.3) is 0 Å². The van der Waals surface area contributed by atoms with Gasteiger partial charge in [-0.15, -0.1) is 0 Å². The van der Waals surface area contributed by atoms with E-state index in [4.69, 9.17) is 9.47 Å². The quantitative estimate of drug-likeness (QED) is 0.757. The molecular formula is C18H17NO2. The van der Waals surface area contributed by atoms with Crippen LogP contribution in [0.15, 0.2) is 60.7 Å². The summed E-state index contributed by atoms with van der Waals surface area (Å²) in [7, 11) is 3.30. The lowest BCUT2D eigenvalue weighted by Gasteiger charge is -2.13. The molecule has 1 N–H and O–H groups in total. The van der Waals surface area contributed by atoms with Crippen molar-refractivity contribution in [1.82, 2.24) is 0 Å². The van der Waals surface area contributed by atoms with E-state index < -0.39 is 0 Å². The third kappa shape index (κ3) is 2.77. The fourth-order valence-electron chi connectivity index (χ4n) is 2.32. The predicted molar refractivity (Wildman–Crippen MR) is 86.8 cm³/mol. The van der Waals surface area contributed by atoms with Crippen molar-refractivity contribution in [3.05, 3.63) is 60.7 Å². The van der Waals surface area contributed by atoms with Gasteiger partial charge in [-0.25, -0.2) is 0 Å². The Kier molecular flexibility index (Phi) is 3.65. The minimum absolute atomic E-state index is 0.752. The fourth-order valence-corrected chi connectivity index (χ4v) is 2.32. The van der Waals surface area contributed by atoms with Gasteiger partial charge in [0, 0.05) is 11.8 Å². The molecule has 0 bridgehead atoms. The van der Waals surface area contributed by atoms with Crippen molar-refractivity contribution in [3.63, 3.8) is 0 Å². The van der Waals surface area contributed by atoms with E-state index in [2.05, 4.69) is 35.6 Å². The minimum Gasteiger partial charge on any atom is -0.497 e. The predicted octanol–water partition coefficient (Wildman–Crippen LogP) is 4.60. The Morgan fingerprint density at radius 1 is 0.762 bits per heavy atom. The molecule has 0 aliphatic rings. The van der Waals surface area contributed by atoms with Gasteiger partial charge in [0.15, 0.2) is 0 Å². The summed E-state index contributed by atoms with van der Waals surface area (Å²) in [6.45, 7) is 0. The second-order valence-electron chi connectivity index (χ2n) is 4.75. The molecule has 0 fully saturated rings. The zero-order chi connectivity index (χ0) is 14.7. The molecule has 0 spiro atoms. The maximum absolute atomic E-state index is 5.41. The molecule has 0 atom stereocenters. The number of fused-ring (bicyclic) bond motifs is 1. The van der Waals surface area contributed by atoms with Crippen LogP contribution in [0, 0.1) is 0 Å². The number of benzene rings is 3. The average Bonchev–Trinajstić information content (AvgIpc) is 2.55. The molecule has 0 saturated heterocycles. The van der Waals surface area contributed by atoms with Crippen LogP contribution in [0.1, 0.15) is 0 Å². The van der Waals surface area contributed by atoms with Gasteiger partial charge in [-0.05, 0) is 35.0 Å². The van der Waals surface area contributed by atoms with E-state index in [1.54, 1.807) is 14.2 Å². The smallest absolute Gasteiger partial charge is 0.145 e. The zero-order valence-electron chi connectivity index (χ0n) is 12.1. The summed E-state index contributed by atoms with van der Waals surface area (Å²) in [6.07, 6.45) is 0. The molecule has 0 saturated carbocycles. The van der Waals surface area contributed by atoms with E-state index in [0.717, 1.165) is 22.9 Å². The molecule has 106 valence electrons. The largest absolute Gasteiger partial charge is 0.497 e. The van der Waals surface area contributed by atoms with E-state index in [9.17, 15) is 0 Å². The van der Waals surface area contributed by atoms with Crippen molar-refractivity contribution >= 4 is 22.1 Å². The van der Waals surface area contributed by atoms with E-state index in [0.29, 0.717) is 0 Å². The fraction of sp³-hybridized carbons (Fsp3) is 0.111. The zero-order valence-corrected chi connectivity index (χ0v) is 12.1. The van der Waals surface area contributed by atoms with E-state index >= 15 is 0 Å². The summed E-state index contributed by atoms with van der Waals surface area (Å²) in [5.41, 5.74) is 1.94. The van der Waals surface area contributed by atoms with Gasteiger partial charge in [-0.3, -0.25) is 0 Å². The summed E-state index contributed by atoms with van der Waals surface area (Å²) in [4.78, 5) is 0. The van der Waals surface area contributed by atoms with Crippen LogP contribution >= 0.6 is 0 Å². The Morgan fingerprint density at radius 2 is 1.57 bits per heavy atom. The molecule has 3 aromatic carbocycles. The Morgan fingerprint density at radius 3 is 2.33 bits per heavy atom. The highest BCUT2D eigenvalue weighted by atomic mass is 16.5. The van der Waals surface area contributed by atoms with Crippen LogP contribution in [0.3, 0.4) is 0 Å². The van der Waals surface area contributed by atoms with Gasteiger partial charge in [-0.2, -0.15) is 0 Å². The van der Waals surface area contributed by atoms with Crippen LogP contribution in [-0.2, 0) is 0 Å². The highest BCUT2D eigenvalue weighted by Crippen LogP contribution is 2.32. The highest BCUT2D eigenvalue weighted by Gasteiger charge is 2.05. The van der Waals surface area contributed by atoms with Crippen LogP contribution in [0.2, 0.25) is 0 Å². The standard InChI is InChI=1S/C18H17NO2/c1-20-16-9-10-17(18(12-16)21-2)19-15-8-7-13-5-3-4-6-14(13)11-15/h3-12,19H,1-2H3. The SMILES string of the molecule is COc1ccc(Nc2ccc3ccccc3c2)c(OC)c1. The summed E-state index contributed by atoms with van der Waals surface area (Å²) in [5, 5.41) is 5.82. The molecule has 0 radical (unpaired) electrons. The first kappa shape index (κ1) is 13.3. The lowest BCUT2D eigenvalue weighted by molar-refractivity contribution is 0.395. The summed E-state index contributed by atoms with van der Waals surface area (Å²) >= 11 is 0. The summed E-state index contributed by atoms with van der Waals surface area (Å²) in [6, 6.07) is 20.3. The molecule has 0 amide bonds. The van der Waals surface area contributed by atoms with Crippen molar-refractivity contribution in [2.24, 2.45) is 0 Å². The number of rotatable bonds is 4. The third-order valence-corrected chi connectivity index (χ3v) is 3.44. The number of ether oxygens (including phenoxy) is 2. The van der Waals surface area contributed by atoms with Crippen LogP contribution in [0.4, 0.5) is 11.4 Å². The molecule has 0 heterocycles. The van der Waals surface area contributed by atoms with E-state index in [1.165, 1.54) is 10.8 Å². The van der Waals surface area contributed by atoms with Crippen LogP contribution in [0.25, 0.3) is 10.8 Å². The first-order valence-corrected chi connectivity index (χ1v) is 6.78. The van der Waals surface area contributed by atoms with Crippen LogP contribution in [0.5, 0.6) is 11.5 Å². The van der Waals surface area contributed by atoms with Crippen LogP contribution < -0.4 is 14.8 Å². The normalized spacial score (nSPS) is 10.4. The molecule has 0 unspecified atom stereocenters. The number of anilines is 2. The molecule has 0 aromatic heterocycles. The third-order valence-electron chi connectivity index (χ3n) is 3.44. The molecule has 0 aliphatic heterocycles. The summed E-state index contributed by atoms with van der Waals surface area (Å²) in [5.74, 6) is 1.53. The average molecular weight is 279 g/mol. The first-order chi connectivity index (χ1) is 10.3. The van der Waals surface area contributed by atoms with Crippen molar-refractivity contribution in [1.29, 1.82) is 0 Å².